The van der Waals surface area contributed by atoms with Crippen molar-refractivity contribution in [3.8, 4) is 0 Å². The number of hydrogen-bond acceptors (Lipinski definition) is 1. The SMILES string of the molecule is Cc1ccc(Cl)cc1C(O)c1ccc2c(c1)CCCC2. The molecular formula is C18H19ClO. The van der Waals surface area contributed by atoms with Gasteiger partial charge in [-0.2, -0.15) is 0 Å². The van der Waals surface area contributed by atoms with Gasteiger partial charge >= 0.3 is 0 Å². The zero-order valence-electron chi connectivity index (χ0n) is 11.7. The van der Waals surface area contributed by atoms with E-state index in [0.29, 0.717) is 5.02 Å². The van der Waals surface area contributed by atoms with Crippen LogP contribution in [0.5, 0.6) is 0 Å². The first-order valence-corrected chi connectivity index (χ1v) is 7.59. The predicted molar refractivity (Wildman–Crippen MR) is 83.3 cm³/mol. The van der Waals surface area contributed by atoms with Crippen molar-refractivity contribution in [2.24, 2.45) is 0 Å². The number of halogens is 1. The summed E-state index contributed by atoms with van der Waals surface area (Å²) in [6.07, 6.45) is 4.23. The van der Waals surface area contributed by atoms with E-state index >= 15 is 0 Å². The Balaban J connectivity index is 1.97. The summed E-state index contributed by atoms with van der Waals surface area (Å²) in [5.74, 6) is 0. The van der Waals surface area contributed by atoms with Crippen LogP contribution in [0.15, 0.2) is 36.4 Å². The highest BCUT2D eigenvalue weighted by Crippen LogP contribution is 2.30. The molecule has 1 N–H and O–H groups in total. The lowest BCUT2D eigenvalue weighted by atomic mass is 9.88. The standard InChI is InChI=1S/C18H19ClO/c1-12-6-9-16(19)11-17(12)18(20)15-8-7-13-4-2-3-5-14(13)10-15/h6-11,18,20H,2-5H2,1H3. The molecule has 1 nitrogen and oxygen atoms in total. The number of benzene rings is 2. The molecule has 20 heavy (non-hydrogen) atoms. The fourth-order valence-electron chi connectivity index (χ4n) is 3.01. The van der Waals surface area contributed by atoms with E-state index in [2.05, 4.69) is 18.2 Å². The van der Waals surface area contributed by atoms with E-state index < -0.39 is 6.10 Å². The summed E-state index contributed by atoms with van der Waals surface area (Å²) in [5, 5.41) is 11.3. The Kier molecular flexibility index (Phi) is 3.82. The van der Waals surface area contributed by atoms with E-state index in [1.165, 1.54) is 30.4 Å². The van der Waals surface area contributed by atoms with Gasteiger partial charge in [0.05, 0.1) is 0 Å². The molecule has 1 atom stereocenters. The first kappa shape index (κ1) is 13.7. The number of rotatable bonds is 2. The van der Waals surface area contributed by atoms with Gasteiger partial charge in [0.15, 0.2) is 0 Å². The zero-order chi connectivity index (χ0) is 14.1. The minimum atomic E-state index is -0.596. The van der Waals surface area contributed by atoms with Gasteiger partial charge in [0, 0.05) is 5.02 Å². The first-order valence-electron chi connectivity index (χ1n) is 7.21. The topological polar surface area (TPSA) is 20.2 Å². The summed E-state index contributed by atoms with van der Waals surface area (Å²) in [6.45, 7) is 2.01. The van der Waals surface area contributed by atoms with Crippen molar-refractivity contribution in [3.05, 3.63) is 69.2 Å². The van der Waals surface area contributed by atoms with Gasteiger partial charge in [-0.1, -0.05) is 35.9 Å². The maximum atomic E-state index is 10.6. The van der Waals surface area contributed by atoms with E-state index in [-0.39, 0.29) is 0 Å². The van der Waals surface area contributed by atoms with Crippen LogP contribution in [0.3, 0.4) is 0 Å². The van der Waals surface area contributed by atoms with Crippen molar-refractivity contribution in [3.63, 3.8) is 0 Å². The summed E-state index contributed by atoms with van der Waals surface area (Å²) < 4.78 is 0. The molecule has 0 radical (unpaired) electrons. The average molecular weight is 287 g/mol. The molecule has 0 aromatic heterocycles. The van der Waals surface area contributed by atoms with Crippen molar-refractivity contribution < 1.29 is 5.11 Å². The summed E-state index contributed by atoms with van der Waals surface area (Å²) in [5.41, 5.74) is 5.77. The highest BCUT2D eigenvalue weighted by Gasteiger charge is 2.16. The molecule has 0 saturated carbocycles. The normalized spacial score (nSPS) is 15.8. The van der Waals surface area contributed by atoms with E-state index in [1.807, 2.05) is 25.1 Å². The Labute approximate surface area is 125 Å². The van der Waals surface area contributed by atoms with Gasteiger partial charge in [0.25, 0.3) is 0 Å². The first-order chi connectivity index (χ1) is 9.65. The molecule has 0 saturated heterocycles. The van der Waals surface area contributed by atoms with E-state index in [4.69, 9.17) is 11.6 Å². The Hall–Kier alpha value is -1.31. The van der Waals surface area contributed by atoms with E-state index in [9.17, 15) is 5.11 Å². The highest BCUT2D eigenvalue weighted by molar-refractivity contribution is 6.30. The van der Waals surface area contributed by atoms with Crippen LogP contribution in [0.1, 0.15) is 46.8 Å². The second-order valence-corrected chi connectivity index (χ2v) is 6.08. The maximum Gasteiger partial charge on any atom is 0.104 e. The molecule has 104 valence electrons. The predicted octanol–water partition coefficient (Wildman–Crippen LogP) is 4.61. The van der Waals surface area contributed by atoms with Gasteiger partial charge < -0.3 is 5.11 Å². The molecule has 0 fully saturated rings. The summed E-state index contributed by atoms with van der Waals surface area (Å²) in [6, 6.07) is 12.1. The van der Waals surface area contributed by atoms with Crippen LogP contribution in [0.4, 0.5) is 0 Å². The number of aliphatic hydroxyl groups excluding tert-OH is 1. The molecule has 0 aliphatic heterocycles. The largest absolute Gasteiger partial charge is 0.384 e. The Morgan fingerprint density at radius 2 is 1.75 bits per heavy atom. The molecule has 2 aromatic carbocycles. The van der Waals surface area contributed by atoms with Gasteiger partial charge in [-0.05, 0) is 72.6 Å². The van der Waals surface area contributed by atoms with Crippen molar-refractivity contribution >= 4 is 11.6 Å². The van der Waals surface area contributed by atoms with Crippen molar-refractivity contribution in [2.75, 3.05) is 0 Å². The molecule has 0 bridgehead atoms. The third-order valence-corrected chi connectivity index (χ3v) is 4.46. The summed E-state index contributed by atoms with van der Waals surface area (Å²) >= 11 is 6.05. The van der Waals surface area contributed by atoms with Crippen LogP contribution in [0.25, 0.3) is 0 Å². The monoisotopic (exact) mass is 286 g/mol. The lowest BCUT2D eigenvalue weighted by Gasteiger charge is -2.20. The van der Waals surface area contributed by atoms with E-state index in [0.717, 1.165) is 23.1 Å². The van der Waals surface area contributed by atoms with Crippen molar-refractivity contribution in [1.29, 1.82) is 0 Å². The molecule has 3 rings (SSSR count). The molecule has 1 aliphatic rings. The van der Waals surface area contributed by atoms with Gasteiger partial charge in [-0.3, -0.25) is 0 Å². The lowest BCUT2D eigenvalue weighted by Crippen LogP contribution is -2.07. The van der Waals surface area contributed by atoms with Crippen LogP contribution in [0, 0.1) is 6.92 Å². The number of hydrogen-bond donors (Lipinski definition) is 1. The summed E-state index contributed by atoms with van der Waals surface area (Å²) in [7, 11) is 0. The number of aliphatic hydroxyl groups is 1. The fourth-order valence-corrected chi connectivity index (χ4v) is 3.19. The maximum absolute atomic E-state index is 10.6. The third kappa shape index (κ3) is 2.61. The minimum Gasteiger partial charge on any atom is -0.384 e. The van der Waals surface area contributed by atoms with Crippen LogP contribution in [0.2, 0.25) is 5.02 Å². The van der Waals surface area contributed by atoms with Crippen molar-refractivity contribution in [2.45, 2.75) is 38.7 Å². The van der Waals surface area contributed by atoms with Gasteiger partial charge in [0.1, 0.15) is 6.10 Å². The van der Waals surface area contributed by atoms with Gasteiger partial charge in [0.2, 0.25) is 0 Å². The van der Waals surface area contributed by atoms with Crippen LogP contribution < -0.4 is 0 Å². The molecule has 0 amide bonds. The molecular weight excluding hydrogens is 268 g/mol. The fraction of sp³-hybridized carbons (Fsp3) is 0.333. The Morgan fingerprint density at radius 1 is 1.00 bits per heavy atom. The zero-order valence-corrected chi connectivity index (χ0v) is 12.5. The highest BCUT2D eigenvalue weighted by atomic mass is 35.5. The number of fused-ring (bicyclic) bond motifs is 1. The van der Waals surface area contributed by atoms with Crippen molar-refractivity contribution in [1.82, 2.24) is 0 Å². The molecule has 0 spiro atoms. The van der Waals surface area contributed by atoms with Crippen LogP contribution >= 0.6 is 11.6 Å². The smallest absolute Gasteiger partial charge is 0.104 e. The Morgan fingerprint density at radius 3 is 2.55 bits per heavy atom. The lowest BCUT2D eigenvalue weighted by molar-refractivity contribution is 0.219. The van der Waals surface area contributed by atoms with Gasteiger partial charge in [-0.25, -0.2) is 0 Å². The van der Waals surface area contributed by atoms with Crippen LogP contribution in [-0.2, 0) is 12.8 Å². The molecule has 0 heterocycles. The Bertz CT molecular complexity index is 633. The van der Waals surface area contributed by atoms with Crippen LogP contribution in [-0.4, -0.2) is 5.11 Å². The molecule has 1 aliphatic carbocycles. The van der Waals surface area contributed by atoms with Gasteiger partial charge in [-0.15, -0.1) is 0 Å². The van der Waals surface area contributed by atoms with E-state index in [1.54, 1.807) is 0 Å². The quantitative estimate of drug-likeness (QED) is 0.855. The summed E-state index contributed by atoms with van der Waals surface area (Å²) in [4.78, 5) is 0. The minimum absolute atomic E-state index is 0.596. The molecule has 2 heteroatoms. The average Bonchev–Trinajstić information content (AvgIpc) is 2.48. The number of aryl methyl sites for hydroxylation is 3. The second kappa shape index (κ2) is 5.59. The molecule has 2 aromatic rings. The second-order valence-electron chi connectivity index (χ2n) is 5.64. The third-order valence-electron chi connectivity index (χ3n) is 4.22. The molecule has 1 unspecified atom stereocenters.